The highest BCUT2D eigenvalue weighted by molar-refractivity contribution is 5.99. The smallest absolute Gasteiger partial charge is 0.249 e. The van der Waals surface area contributed by atoms with Gasteiger partial charge in [0.2, 0.25) is 11.8 Å². The number of nitrogens with zero attached hydrogens (tertiary/aromatic N) is 6. The monoisotopic (exact) mass is 525 g/mol. The highest BCUT2D eigenvalue weighted by atomic mass is 16.5. The minimum atomic E-state index is -0.801. The number of rotatable bonds is 7. The minimum absolute atomic E-state index is 0.0906. The number of carbonyl (C=O) groups excluding carboxylic acids is 3. The second-order valence-corrected chi connectivity index (χ2v) is 12.0. The van der Waals surface area contributed by atoms with Crippen molar-refractivity contribution in [3.8, 4) is 0 Å². The van der Waals surface area contributed by atoms with Gasteiger partial charge in [-0.2, -0.15) is 0 Å². The predicted octanol–water partition coefficient (Wildman–Crippen LogP) is 2.69. The number of primary amides is 1. The zero-order valence-electron chi connectivity index (χ0n) is 23.0. The van der Waals surface area contributed by atoms with Crippen molar-refractivity contribution in [1.29, 1.82) is 0 Å². The van der Waals surface area contributed by atoms with Crippen molar-refractivity contribution in [1.82, 2.24) is 9.80 Å². The Balaban J connectivity index is 1.72. The zero-order valence-corrected chi connectivity index (χ0v) is 23.0. The number of Topliss-reactive ketones (excluding diaryl/α,β-unsaturated/α-hetero) is 1. The fraction of sp³-hybridized carbons (Fsp3) is 0.667. The van der Waals surface area contributed by atoms with Gasteiger partial charge in [-0.15, -0.1) is 0 Å². The van der Waals surface area contributed by atoms with Crippen LogP contribution in [0.5, 0.6) is 0 Å². The van der Waals surface area contributed by atoms with Gasteiger partial charge < -0.3 is 20.3 Å². The summed E-state index contributed by atoms with van der Waals surface area (Å²) in [5, 5.41) is 3.80. The predicted molar refractivity (Wildman–Crippen MR) is 144 cm³/mol. The quantitative estimate of drug-likeness (QED) is 0.329. The molecule has 2 amide bonds. The Kier molecular flexibility index (Phi) is 8.01. The third kappa shape index (κ3) is 5.65. The maximum atomic E-state index is 14.3. The van der Waals surface area contributed by atoms with Crippen LogP contribution in [-0.2, 0) is 14.3 Å². The number of anilines is 1. The molecule has 0 saturated carbocycles. The van der Waals surface area contributed by atoms with E-state index in [1.165, 1.54) is 4.90 Å². The van der Waals surface area contributed by atoms with E-state index in [0.717, 1.165) is 31.9 Å². The Morgan fingerprint density at radius 3 is 2.47 bits per heavy atom. The van der Waals surface area contributed by atoms with Crippen LogP contribution in [0.2, 0.25) is 0 Å². The largest absolute Gasteiger partial charge is 0.369 e. The molecule has 0 radical (unpaired) electrons. The zero-order chi connectivity index (χ0) is 27.8. The fourth-order valence-electron chi connectivity index (χ4n) is 5.92. The van der Waals surface area contributed by atoms with Crippen LogP contribution < -0.4 is 10.6 Å². The molecule has 2 N–H and O–H groups in total. The maximum Gasteiger partial charge on any atom is 0.249 e. The summed E-state index contributed by atoms with van der Waals surface area (Å²) in [4.78, 5) is 48.6. The summed E-state index contributed by atoms with van der Waals surface area (Å²) in [5.41, 5.74) is 16.4. The van der Waals surface area contributed by atoms with E-state index >= 15 is 0 Å². The number of likely N-dealkylation sites (tertiary alicyclic amines) is 1. The molecule has 3 heterocycles. The van der Waals surface area contributed by atoms with Crippen molar-refractivity contribution in [3.63, 3.8) is 0 Å². The van der Waals surface area contributed by atoms with Gasteiger partial charge in [0.25, 0.3) is 0 Å². The van der Waals surface area contributed by atoms with Crippen LogP contribution in [0.4, 0.5) is 5.69 Å². The lowest BCUT2D eigenvalue weighted by molar-refractivity contribution is -0.138. The number of nitrogens with two attached hydrogens (primary N) is 1. The standard InChI is InChI=1S/C27H39N7O4/c1-16(2)32-8-10-33(11-9-32)17-6-7-18(25(28)36)19(12-17)20(13-27(3,4)5)26(37)34-14-21(30-31-29)24-23(34)22(35)15-38-24/h6-7,12,16,20-21,23-24H,8-11,13-15H2,1-5H3,(H2,28,36)/t20-,21+,23+,24+/m0/s1. The first kappa shape index (κ1) is 27.9. The summed E-state index contributed by atoms with van der Waals surface area (Å²) in [6, 6.07) is 4.55. The lowest BCUT2D eigenvalue weighted by Gasteiger charge is -2.38. The fourth-order valence-corrected chi connectivity index (χ4v) is 5.92. The summed E-state index contributed by atoms with van der Waals surface area (Å²) < 4.78 is 5.61. The molecule has 4 rings (SSSR count). The Hall–Kier alpha value is -3.14. The molecule has 11 nitrogen and oxygen atoms in total. The van der Waals surface area contributed by atoms with E-state index in [9.17, 15) is 14.4 Å². The first-order valence-electron chi connectivity index (χ1n) is 13.3. The van der Waals surface area contributed by atoms with Gasteiger partial charge in [-0.3, -0.25) is 19.3 Å². The van der Waals surface area contributed by atoms with E-state index in [0.29, 0.717) is 23.6 Å². The van der Waals surface area contributed by atoms with Gasteiger partial charge in [0.15, 0.2) is 5.78 Å². The van der Waals surface area contributed by atoms with Crippen molar-refractivity contribution in [2.75, 3.05) is 44.2 Å². The average Bonchev–Trinajstić information content (AvgIpc) is 3.42. The summed E-state index contributed by atoms with van der Waals surface area (Å²) in [6.45, 7) is 14.0. The molecule has 38 heavy (non-hydrogen) atoms. The molecular weight excluding hydrogens is 486 g/mol. The van der Waals surface area contributed by atoms with Crippen molar-refractivity contribution in [2.45, 2.75) is 71.2 Å². The number of carbonyl (C=O) groups is 3. The van der Waals surface area contributed by atoms with Crippen LogP contribution in [0.15, 0.2) is 23.3 Å². The van der Waals surface area contributed by atoms with Crippen LogP contribution in [-0.4, -0.2) is 91.0 Å². The van der Waals surface area contributed by atoms with Gasteiger partial charge in [0.05, 0.1) is 18.1 Å². The molecule has 1 aromatic carbocycles. The lowest BCUT2D eigenvalue weighted by Crippen LogP contribution is -2.49. The molecule has 11 heteroatoms. The van der Waals surface area contributed by atoms with Crippen LogP contribution in [0.25, 0.3) is 10.4 Å². The van der Waals surface area contributed by atoms with Crippen LogP contribution in [0.1, 0.15) is 62.9 Å². The van der Waals surface area contributed by atoms with Gasteiger partial charge >= 0.3 is 0 Å². The van der Waals surface area contributed by atoms with Crippen molar-refractivity contribution >= 4 is 23.3 Å². The summed E-state index contributed by atoms with van der Waals surface area (Å²) in [6.07, 6.45) is -0.219. The molecule has 3 aliphatic heterocycles. The number of azide groups is 1. The van der Waals surface area contributed by atoms with Gasteiger partial charge in [0.1, 0.15) is 12.6 Å². The number of piperazine rings is 1. The molecule has 0 aromatic heterocycles. The Morgan fingerprint density at radius 1 is 1.21 bits per heavy atom. The van der Waals surface area contributed by atoms with Gasteiger partial charge in [-0.05, 0) is 55.0 Å². The third-order valence-corrected chi connectivity index (χ3v) is 7.84. The van der Waals surface area contributed by atoms with Gasteiger partial charge in [-0.1, -0.05) is 25.9 Å². The first-order chi connectivity index (χ1) is 17.9. The Morgan fingerprint density at radius 2 is 1.89 bits per heavy atom. The minimum Gasteiger partial charge on any atom is -0.369 e. The number of amides is 2. The van der Waals surface area contributed by atoms with E-state index in [1.54, 1.807) is 6.07 Å². The molecule has 3 aliphatic rings. The molecule has 0 aliphatic carbocycles. The molecule has 3 fully saturated rings. The van der Waals surface area contributed by atoms with Crippen molar-refractivity contribution in [3.05, 3.63) is 39.8 Å². The van der Waals surface area contributed by atoms with Gasteiger partial charge in [0, 0.05) is 54.9 Å². The lowest BCUT2D eigenvalue weighted by atomic mass is 9.79. The molecule has 1 aromatic rings. The van der Waals surface area contributed by atoms with E-state index in [1.807, 2.05) is 32.9 Å². The Bertz CT molecular complexity index is 1130. The van der Waals surface area contributed by atoms with Crippen LogP contribution in [0, 0.1) is 5.41 Å². The highest BCUT2D eigenvalue weighted by Crippen LogP contribution is 2.39. The molecular formula is C27H39N7O4. The number of fused-ring (bicyclic) bond motifs is 1. The molecule has 206 valence electrons. The van der Waals surface area contributed by atoms with Crippen LogP contribution in [0.3, 0.4) is 0 Å². The van der Waals surface area contributed by atoms with E-state index < -0.39 is 30.0 Å². The Labute approximate surface area is 223 Å². The first-order valence-corrected chi connectivity index (χ1v) is 13.3. The number of benzene rings is 1. The third-order valence-electron chi connectivity index (χ3n) is 7.84. The summed E-state index contributed by atoms with van der Waals surface area (Å²) in [7, 11) is 0. The summed E-state index contributed by atoms with van der Waals surface area (Å²) in [5.74, 6) is -1.81. The molecule has 3 saturated heterocycles. The molecule has 0 bridgehead atoms. The number of hydrogen-bond donors (Lipinski definition) is 1. The van der Waals surface area contributed by atoms with E-state index in [4.69, 9.17) is 16.0 Å². The summed E-state index contributed by atoms with van der Waals surface area (Å²) >= 11 is 0. The van der Waals surface area contributed by atoms with Crippen molar-refractivity contribution < 1.29 is 19.1 Å². The molecule has 0 unspecified atom stereocenters. The second-order valence-electron chi connectivity index (χ2n) is 12.0. The SMILES string of the molecule is CC(C)N1CCN(c2ccc(C(N)=O)c([C@H](CC(C)(C)C)C(=O)N3C[C@@H](N=[N+]=[N-])[C@H]4OCC(=O)[C@H]43)c2)CC1. The second kappa shape index (κ2) is 10.9. The molecule has 0 spiro atoms. The molecule has 4 atom stereocenters. The maximum absolute atomic E-state index is 14.3. The van der Waals surface area contributed by atoms with Crippen molar-refractivity contribution in [2.24, 2.45) is 16.3 Å². The van der Waals surface area contributed by atoms with Gasteiger partial charge in [-0.25, -0.2) is 0 Å². The number of ketones is 1. The van der Waals surface area contributed by atoms with E-state index in [2.05, 4.69) is 33.7 Å². The number of ether oxygens (including phenoxy) is 1. The van der Waals surface area contributed by atoms with Crippen LogP contribution >= 0.6 is 0 Å². The normalized spacial score (nSPS) is 24.9. The number of hydrogen-bond acceptors (Lipinski definition) is 7. The van der Waals surface area contributed by atoms with E-state index in [-0.39, 0.29) is 30.3 Å². The highest BCUT2D eigenvalue weighted by Gasteiger charge is 2.53. The average molecular weight is 526 g/mol. The topological polar surface area (TPSA) is 145 Å².